The quantitative estimate of drug-likeness (QED) is 0.676. The van der Waals surface area contributed by atoms with E-state index in [1.807, 2.05) is 0 Å². The van der Waals surface area contributed by atoms with Gasteiger partial charge in [-0.25, -0.2) is 9.37 Å². The van der Waals surface area contributed by atoms with Gasteiger partial charge < -0.3 is 10.5 Å². The molecule has 4 nitrogen and oxygen atoms in total. The van der Waals surface area contributed by atoms with Gasteiger partial charge in [0.05, 0.1) is 4.47 Å². The van der Waals surface area contributed by atoms with Gasteiger partial charge in [-0.2, -0.15) is 0 Å². The summed E-state index contributed by atoms with van der Waals surface area (Å²) in [7, 11) is 0. The smallest absolute Gasteiger partial charge is 0.219 e. The Labute approximate surface area is 111 Å². The molecule has 2 aromatic rings. The molecule has 92 valence electrons. The van der Waals surface area contributed by atoms with Gasteiger partial charge >= 0.3 is 0 Å². The van der Waals surface area contributed by atoms with Crippen molar-refractivity contribution in [3.63, 3.8) is 0 Å². The lowest BCUT2D eigenvalue weighted by Crippen LogP contribution is -2.11. The molecule has 0 spiro atoms. The standard InChI is InChI=1S/C12H9BrFN3O/c13-9-2-1-8(14)6-10(9)18-11-5-7(12(15)16)3-4-17-11/h1-6H,(H3,15,16). The molecule has 0 aliphatic carbocycles. The first-order valence-corrected chi connectivity index (χ1v) is 5.79. The summed E-state index contributed by atoms with van der Waals surface area (Å²) in [5.74, 6) is 0.0636. The van der Waals surface area contributed by atoms with E-state index >= 15 is 0 Å². The first kappa shape index (κ1) is 12.5. The molecule has 1 aromatic carbocycles. The summed E-state index contributed by atoms with van der Waals surface area (Å²) in [6.07, 6.45) is 1.47. The number of halogens is 2. The summed E-state index contributed by atoms with van der Waals surface area (Å²) in [5, 5.41) is 7.31. The minimum absolute atomic E-state index is 0.0828. The van der Waals surface area contributed by atoms with Gasteiger partial charge in [0.15, 0.2) is 0 Å². The molecule has 0 atom stereocenters. The van der Waals surface area contributed by atoms with E-state index in [1.54, 1.807) is 12.1 Å². The Bertz CT molecular complexity index is 604. The van der Waals surface area contributed by atoms with E-state index in [9.17, 15) is 4.39 Å². The maximum Gasteiger partial charge on any atom is 0.219 e. The molecule has 1 heterocycles. The van der Waals surface area contributed by atoms with E-state index in [-0.39, 0.29) is 11.7 Å². The van der Waals surface area contributed by atoms with Crippen LogP contribution in [0.5, 0.6) is 11.6 Å². The zero-order chi connectivity index (χ0) is 13.1. The van der Waals surface area contributed by atoms with Crippen molar-refractivity contribution in [3.8, 4) is 11.6 Å². The number of nitrogen functional groups attached to an aromatic ring is 1. The van der Waals surface area contributed by atoms with E-state index in [0.29, 0.717) is 15.8 Å². The Kier molecular flexibility index (Phi) is 3.57. The topological polar surface area (TPSA) is 72.0 Å². The number of hydrogen-bond acceptors (Lipinski definition) is 3. The Balaban J connectivity index is 2.31. The van der Waals surface area contributed by atoms with Gasteiger partial charge in [-0.15, -0.1) is 0 Å². The van der Waals surface area contributed by atoms with Gasteiger partial charge in [0.25, 0.3) is 0 Å². The van der Waals surface area contributed by atoms with Crippen LogP contribution in [0.4, 0.5) is 4.39 Å². The fourth-order valence-corrected chi connectivity index (χ4v) is 1.63. The molecule has 2 rings (SSSR count). The predicted octanol–water partition coefficient (Wildman–Crippen LogP) is 3.06. The molecule has 1 aromatic heterocycles. The number of rotatable bonds is 3. The number of ether oxygens (including phenoxy) is 1. The van der Waals surface area contributed by atoms with Gasteiger partial charge in [-0.05, 0) is 34.1 Å². The van der Waals surface area contributed by atoms with Crippen LogP contribution in [0, 0.1) is 11.2 Å². The lowest BCUT2D eigenvalue weighted by Gasteiger charge is -2.07. The second kappa shape index (κ2) is 5.14. The van der Waals surface area contributed by atoms with Crippen LogP contribution in [0.1, 0.15) is 5.56 Å². The normalized spacial score (nSPS) is 10.1. The van der Waals surface area contributed by atoms with Gasteiger partial charge in [0.1, 0.15) is 17.4 Å². The fraction of sp³-hybridized carbons (Fsp3) is 0. The van der Waals surface area contributed by atoms with E-state index in [1.165, 1.54) is 24.4 Å². The second-order valence-electron chi connectivity index (χ2n) is 3.47. The van der Waals surface area contributed by atoms with Crippen molar-refractivity contribution in [2.24, 2.45) is 5.73 Å². The third-order valence-electron chi connectivity index (χ3n) is 2.15. The molecule has 0 saturated carbocycles. The number of amidine groups is 1. The van der Waals surface area contributed by atoms with Gasteiger partial charge in [-0.1, -0.05) is 0 Å². The highest BCUT2D eigenvalue weighted by Crippen LogP contribution is 2.29. The molecule has 0 bridgehead atoms. The van der Waals surface area contributed by atoms with Crippen LogP contribution >= 0.6 is 15.9 Å². The number of nitrogens with zero attached hydrogens (tertiary/aromatic N) is 1. The Morgan fingerprint density at radius 3 is 2.83 bits per heavy atom. The van der Waals surface area contributed by atoms with Crippen LogP contribution in [0.15, 0.2) is 41.0 Å². The Hall–Kier alpha value is -1.95. The van der Waals surface area contributed by atoms with Crippen LogP contribution in [0.25, 0.3) is 0 Å². The number of nitrogens with two attached hydrogens (primary N) is 1. The first-order chi connectivity index (χ1) is 8.56. The van der Waals surface area contributed by atoms with Crippen LogP contribution < -0.4 is 10.5 Å². The Morgan fingerprint density at radius 2 is 2.11 bits per heavy atom. The largest absolute Gasteiger partial charge is 0.438 e. The van der Waals surface area contributed by atoms with Gasteiger partial charge in [-0.3, -0.25) is 5.41 Å². The summed E-state index contributed by atoms with van der Waals surface area (Å²) in [4.78, 5) is 3.97. The monoisotopic (exact) mass is 309 g/mol. The Morgan fingerprint density at radius 1 is 1.33 bits per heavy atom. The highest BCUT2D eigenvalue weighted by atomic mass is 79.9. The molecular formula is C12H9BrFN3O. The lowest BCUT2D eigenvalue weighted by atomic mass is 10.2. The number of nitrogens with one attached hydrogen (secondary N) is 1. The fourth-order valence-electron chi connectivity index (χ4n) is 1.30. The van der Waals surface area contributed by atoms with Crippen molar-refractivity contribution in [1.29, 1.82) is 5.41 Å². The SMILES string of the molecule is N=C(N)c1ccnc(Oc2cc(F)ccc2Br)c1. The summed E-state index contributed by atoms with van der Waals surface area (Å²) in [5.41, 5.74) is 5.85. The van der Waals surface area contributed by atoms with E-state index < -0.39 is 5.82 Å². The number of hydrogen-bond donors (Lipinski definition) is 2. The summed E-state index contributed by atoms with van der Waals surface area (Å²) >= 11 is 3.25. The molecule has 0 radical (unpaired) electrons. The molecule has 18 heavy (non-hydrogen) atoms. The molecule has 0 unspecified atom stereocenters. The highest BCUT2D eigenvalue weighted by Gasteiger charge is 2.06. The second-order valence-corrected chi connectivity index (χ2v) is 4.33. The maximum absolute atomic E-state index is 13.1. The molecule has 0 aliphatic heterocycles. The van der Waals surface area contributed by atoms with E-state index in [0.717, 1.165) is 0 Å². The van der Waals surface area contributed by atoms with Gasteiger partial charge in [0, 0.05) is 23.9 Å². The summed E-state index contributed by atoms with van der Waals surface area (Å²) in [6, 6.07) is 7.21. The average Bonchev–Trinajstić information content (AvgIpc) is 2.34. The highest BCUT2D eigenvalue weighted by molar-refractivity contribution is 9.10. The zero-order valence-corrected chi connectivity index (χ0v) is 10.7. The predicted molar refractivity (Wildman–Crippen MR) is 69.4 cm³/mol. The van der Waals surface area contributed by atoms with Crippen molar-refractivity contribution in [2.75, 3.05) is 0 Å². The van der Waals surface area contributed by atoms with Crippen molar-refractivity contribution in [1.82, 2.24) is 4.98 Å². The van der Waals surface area contributed by atoms with Crippen LogP contribution in [-0.4, -0.2) is 10.8 Å². The number of benzene rings is 1. The van der Waals surface area contributed by atoms with Gasteiger partial charge in [0.2, 0.25) is 5.88 Å². The summed E-state index contributed by atoms with van der Waals surface area (Å²) < 4.78 is 19.1. The van der Waals surface area contributed by atoms with Crippen LogP contribution in [-0.2, 0) is 0 Å². The maximum atomic E-state index is 13.1. The molecule has 0 amide bonds. The molecule has 0 saturated heterocycles. The number of pyridine rings is 1. The molecule has 3 N–H and O–H groups in total. The van der Waals surface area contributed by atoms with Crippen molar-refractivity contribution in [3.05, 3.63) is 52.4 Å². The van der Waals surface area contributed by atoms with Crippen LogP contribution in [0.3, 0.4) is 0 Å². The first-order valence-electron chi connectivity index (χ1n) is 4.99. The summed E-state index contributed by atoms with van der Waals surface area (Å²) in [6.45, 7) is 0. The third-order valence-corrected chi connectivity index (χ3v) is 2.81. The van der Waals surface area contributed by atoms with Crippen molar-refractivity contribution >= 4 is 21.8 Å². The average molecular weight is 310 g/mol. The zero-order valence-electron chi connectivity index (χ0n) is 9.15. The molecule has 6 heteroatoms. The van der Waals surface area contributed by atoms with E-state index in [2.05, 4.69) is 20.9 Å². The number of aromatic nitrogens is 1. The minimum Gasteiger partial charge on any atom is -0.438 e. The van der Waals surface area contributed by atoms with Crippen LogP contribution in [0.2, 0.25) is 0 Å². The van der Waals surface area contributed by atoms with Crippen molar-refractivity contribution in [2.45, 2.75) is 0 Å². The lowest BCUT2D eigenvalue weighted by molar-refractivity contribution is 0.455. The molecule has 0 fully saturated rings. The minimum atomic E-state index is -0.407. The van der Waals surface area contributed by atoms with Crippen molar-refractivity contribution < 1.29 is 9.13 Å². The van der Waals surface area contributed by atoms with E-state index in [4.69, 9.17) is 15.9 Å². The molecule has 0 aliphatic rings. The molecular weight excluding hydrogens is 301 g/mol. The third kappa shape index (κ3) is 2.84.